The summed E-state index contributed by atoms with van der Waals surface area (Å²) in [5.41, 5.74) is -0.500. The monoisotopic (exact) mass is 397 g/mol. The largest absolute Gasteiger partial charge is 0.388 e. The van der Waals surface area contributed by atoms with Gasteiger partial charge in [0.05, 0.1) is 12.2 Å². The summed E-state index contributed by atoms with van der Waals surface area (Å²) < 4.78 is 5.49. The van der Waals surface area contributed by atoms with Gasteiger partial charge in [0, 0.05) is 39.2 Å². The molecule has 6 heteroatoms. The molecule has 0 radical (unpaired) electrons. The van der Waals surface area contributed by atoms with Gasteiger partial charge in [-0.2, -0.15) is 0 Å². The maximum absolute atomic E-state index is 10.1. The summed E-state index contributed by atoms with van der Waals surface area (Å²) in [6.07, 6.45) is 4.11. The molecule has 1 aliphatic carbocycles. The first kappa shape index (κ1) is 18.0. The minimum absolute atomic E-state index is 0. The third-order valence-corrected chi connectivity index (χ3v) is 4.21. The molecular formula is C14H28IN3O2. The molecule has 0 aromatic heterocycles. The molecule has 1 atom stereocenters. The van der Waals surface area contributed by atoms with Gasteiger partial charge in [0.25, 0.3) is 0 Å². The number of aliphatic hydroxyl groups is 1. The van der Waals surface area contributed by atoms with Crippen molar-refractivity contribution in [1.29, 1.82) is 0 Å². The second-order valence-electron chi connectivity index (χ2n) is 5.74. The SMILES string of the molecule is CCOCC1CCN(C(=NC)NCC2(O)CCC2)C1.I. The van der Waals surface area contributed by atoms with E-state index in [4.69, 9.17) is 4.74 Å². The molecule has 1 saturated carbocycles. The Kier molecular flexibility index (Phi) is 7.53. The molecule has 0 bridgehead atoms. The number of aliphatic imine (C=N–C) groups is 1. The van der Waals surface area contributed by atoms with Gasteiger partial charge in [-0.15, -0.1) is 24.0 Å². The summed E-state index contributed by atoms with van der Waals surface area (Å²) in [4.78, 5) is 6.60. The van der Waals surface area contributed by atoms with Crippen LogP contribution in [0.3, 0.4) is 0 Å². The van der Waals surface area contributed by atoms with E-state index in [1.54, 1.807) is 0 Å². The Morgan fingerprint density at radius 2 is 2.25 bits per heavy atom. The fourth-order valence-corrected chi connectivity index (χ4v) is 2.78. The predicted octanol–water partition coefficient (Wildman–Crippen LogP) is 1.45. The van der Waals surface area contributed by atoms with Crippen molar-refractivity contribution in [3.8, 4) is 0 Å². The Morgan fingerprint density at radius 3 is 2.80 bits per heavy atom. The average Bonchev–Trinajstić information content (AvgIpc) is 2.84. The number of ether oxygens (including phenoxy) is 1. The fraction of sp³-hybridized carbons (Fsp3) is 0.929. The van der Waals surface area contributed by atoms with E-state index in [-0.39, 0.29) is 24.0 Å². The summed E-state index contributed by atoms with van der Waals surface area (Å²) in [7, 11) is 1.81. The third kappa shape index (κ3) is 4.73. The van der Waals surface area contributed by atoms with Crippen molar-refractivity contribution in [3.63, 3.8) is 0 Å². The third-order valence-electron chi connectivity index (χ3n) is 4.21. The molecule has 0 amide bonds. The van der Waals surface area contributed by atoms with E-state index < -0.39 is 5.60 Å². The van der Waals surface area contributed by atoms with Crippen LogP contribution < -0.4 is 5.32 Å². The molecule has 0 aromatic rings. The summed E-state index contributed by atoms with van der Waals surface area (Å²) in [6, 6.07) is 0. The van der Waals surface area contributed by atoms with Crippen LogP contribution in [0.1, 0.15) is 32.6 Å². The van der Waals surface area contributed by atoms with Gasteiger partial charge >= 0.3 is 0 Å². The first-order valence-electron chi connectivity index (χ1n) is 7.42. The van der Waals surface area contributed by atoms with Crippen molar-refractivity contribution in [2.75, 3.05) is 39.9 Å². The molecule has 5 nitrogen and oxygen atoms in total. The maximum Gasteiger partial charge on any atom is 0.193 e. The number of likely N-dealkylation sites (tertiary alicyclic amines) is 1. The minimum Gasteiger partial charge on any atom is -0.388 e. The van der Waals surface area contributed by atoms with Crippen molar-refractivity contribution in [2.45, 2.75) is 38.2 Å². The second-order valence-corrected chi connectivity index (χ2v) is 5.74. The van der Waals surface area contributed by atoms with E-state index in [1.807, 2.05) is 14.0 Å². The molecule has 0 aromatic carbocycles. The molecule has 2 rings (SSSR count). The topological polar surface area (TPSA) is 57.1 Å². The summed E-state index contributed by atoms with van der Waals surface area (Å²) >= 11 is 0. The summed E-state index contributed by atoms with van der Waals surface area (Å²) in [5.74, 6) is 1.52. The van der Waals surface area contributed by atoms with Gasteiger partial charge < -0.3 is 20.1 Å². The van der Waals surface area contributed by atoms with Crippen LogP contribution in [0.2, 0.25) is 0 Å². The van der Waals surface area contributed by atoms with Gasteiger partial charge in [-0.1, -0.05) is 0 Å². The fourth-order valence-electron chi connectivity index (χ4n) is 2.78. The van der Waals surface area contributed by atoms with Crippen molar-refractivity contribution >= 4 is 29.9 Å². The molecule has 1 heterocycles. The zero-order chi connectivity index (χ0) is 13.7. The van der Waals surface area contributed by atoms with E-state index in [1.165, 1.54) is 0 Å². The van der Waals surface area contributed by atoms with Crippen molar-refractivity contribution < 1.29 is 9.84 Å². The number of nitrogens with zero attached hydrogens (tertiary/aromatic N) is 2. The maximum atomic E-state index is 10.1. The predicted molar refractivity (Wildman–Crippen MR) is 91.8 cm³/mol. The Labute approximate surface area is 139 Å². The molecule has 20 heavy (non-hydrogen) atoms. The van der Waals surface area contributed by atoms with Gasteiger partial charge in [-0.3, -0.25) is 4.99 Å². The Balaban J connectivity index is 0.00000200. The lowest BCUT2D eigenvalue weighted by atomic mass is 9.80. The van der Waals surface area contributed by atoms with Crippen LogP contribution in [-0.4, -0.2) is 61.5 Å². The Hall–Kier alpha value is -0.0800. The van der Waals surface area contributed by atoms with Crippen LogP contribution in [0, 0.1) is 5.92 Å². The van der Waals surface area contributed by atoms with Crippen LogP contribution in [0.5, 0.6) is 0 Å². The van der Waals surface area contributed by atoms with Crippen molar-refractivity contribution in [3.05, 3.63) is 0 Å². The molecule has 118 valence electrons. The second kappa shape index (κ2) is 8.38. The highest BCUT2D eigenvalue weighted by molar-refractivity contribution is 14.0. The highest BCUT2D eigenvalue weighted by Crippen LogP contribution is 2.30. The normalized spacial score (nSPS) is 25.1. The lowest BCUT2D eigenvalue weighted by Crippen LogP contribution is -2.51. The van der Waals surface area contributed by atoms with E-state index in [9.17, 15) is 5.11 Å². The van der Waals surface area contributed by atoms with E-state index in [0.717, 1.165) is 57.9 Å². The number of hydrogen-bond acceptors (Lipinski definition) is 3. The highest BCUT2D eigenvalue weighted by atomic mass is 127. The van der Waals surface area contributed by atoms with Crippen LogP contribution in [0.25, 0.3) is 0 Å². The zero-order valence-electron chi connectivity index (χ0n) is 12.6. The first-order valence-corrected chi connectivity index (χ1v) is 7.42. The van der Waals surface area contributed by atoms with E-state index in [0.29, 0.717) is 12.5 Å². The van der Waals surface area contributed by atoms with Crippen molar-refractivity contribution in [1.82, 2.24) is 10.2 Å². The lowest BCUT2D eigenvalue weighted by molar-refractivity contribution is -0.0282. The van der Waals surface area contributed by atoms with Crippen LogP contribution in [0.15, 0.2) is 4.99 Å². The van der Waals surface area contributed by atoms with Crippen LogP contribution >= 0.6 is 24.0 Å². The van der Waals surface area contributed by atoms with Gasteiger partial charge in [0.15, 0.2) is 5.96 Å². The Morgan fingerprint density at radius 1 is 1.50 bits per heavy atom. The van der Waals surface area contributed by atoms with Gasteiger partial charge in [0.2, 0.25) is 0 Å². The smallest absolute Gasteiger partial charge is 0.193 e. The van der Waals surface area contributed by atoms with Gasteiger partial charge in [0.1, 0.15) is 0 Å². The van der Waals surface area contributed by atoms with Crippen LogP contribution in [-0.2, 0) is 4.74 Å². The van der Waals surface area contributed by atoms with Gasteiger partial charge in [-0.25, -0.2) is 0 Å². The first-order chi connectivity index (χ1) is 9.17. The average molecular weight is 397 g/mol. The summed E-state index contributed by atoms with van der Waals surface area (Å²) in [5, 5.41) is 13.4. The highest BCUT2D eigenvalue weighted by Gasteiger charge is 2.35. The molecule has 0 spiro atoms. The molecule has 1 unspecified atom stereocenters. The molecular weight excluding hydrogens is 369 g/mol. The Bertz CT molecular complexity index is 322. The lowest BCUT2D eigenvalue weighted by Gasteiger charge is -2.37. The van der Waals surface area contributed by atoms with E-state index in [2.05, 4.69) is 15.2 Å². The van der Waals surface area contributed by atoms with Gasteiger partial charge in [-0.05, 0) is 32.6 Å². The number of hydrogen-bond donors (Lipinski definition) is 2. The van der Waals surface area contributed by atoms with Crippen molar-refractivity contribution in [2.24, 2.45) is 10.9 Å². The van der Waals surface area contributed by atoms with Crippen LogP contribution in [0.4, 0.5) is 0 Å². The number of guanidine groups is 1. The molecule has 1 saturated heterocycles. The summed E-state index contributed by atoms with van der Waals surface area (Å²) in [6.45, 7) is 6.30. The molecule has 2 N–H and O–H groups in total. The number of rotatable bonds is 5. The quantitative estimate of drug-likeness (QED) is 0.419. The van der Waals surface area contributed by atoms with E-state index >= 15 is 0 Å². The zero-order valence-corrected chi connectivity index (χ0v) is 14.9. The molecule has 1 aliphatic heterocycles. The number of halogens is 1. The minimum atomic E-state index is -0.500. The standard InChI is InChI=1S/C14H27N3O2.HI/c1-3-19-10-12-5-8-17(9-12)13(15-2)16-11-14(18)6-4-7-14;/h12,18H,3-11H2,1-2H3,(H,15,16);1H. The molecule has 2 aliphatic rings. The molecule has 2 fully saturated rings. The number of nitrogens with one attached hydrogen (secondary N) is 1.